The van der Waals surface area contributed by atoms with Gasteiger partial charge in [-0.1, -0.05) is 23.8 Å². The van der Waals surface area contributed by atoms with Crippen LogP contribution in [0.3, 0.4) is 0 Å². The minimum absolute atomic E-state index is 0.793. The van der Waals surface area contributed by atoms with Crippen molar-refractivity contribution in [3.05, 3.63) is 58.3 Å². The van der Waals surface area contributed by atoms with E-state index < -0.39 is 0 Å². The van der Waals surface area contributed by atoms with Gasteiger partial charge in [0.05, 0.1) is 0 Å². The number of hydrogen-bond acceptors (Lipinski definition) is 7. The lowest BCUT2D eigenvalue weighted by molar-refractivity contribution is 0.251. The van der Waals surface area contributed by atoms with Gasteiger partial charge in [0.1, 0.15) is 11.6 Å². The monoisotopic (exact) mass is 408 g/mol. The van der Waals surface area contributed by atoms with Crippen LogP contribution in [0.1, 0.15) is 10.4 Å². The molecule has 0 bridgehead atoms. The molecule has 0 radical (unpaired) electrons. The van der Waals surface area contributed by atoms with Crippen molar-refractivity contribution in [2.75, 3.05) is 55.4 Å². The predicted molar refractivity (Wildman–Crippen MR) is 123 cm³/mol. The average molecular weight is 409 g/mol. The van der Waals surface area contributed by atoms with Crippen LogP contribution in [0.25, 0.3) is 0 Å². The number of nitrogens with one attached hydrogen (secondary N) is 1. The highest BCUT2D eigenvalue weighted by molar-refractivity contribution is 7.09. The third kappa shape index (κ3) is 5.05. The minimum atomic E-state index is 0.793. The third-order valence-electron chi connectivity index (χ3n) is 5.10. The van der Waals surface area contributed by atoms with Gasteiger partial charge in [-0.25, -0.2) is 0 Å². The smallest absolute Gasteiger partial charge is 0.229 e. The van der Waals surface area contributed by atoms with Crippen LogP contribution in [-0.4, -0.2) is 55.1 Å². The third-order valence-corrected chi connectivity index (χ3v) is 5.96. The Bertz CT molecular complexity index is 915. The highest BCUT2D eigenvalue weighted by atomic mass is 32.1. The zero-order valence-electron chi connectivity index (χ0n) is 17.3. The van der Waals surface area contributed by atoms with Crippen molar-refractivity contribution in [2.24, 2.45) is 0 Å². The first kappa shape index (κ1) is 19.7. The predicted octanol–water partition coefficient (Wildman–Crippen LogP) is 3.98. The Morgan fingerprint density at radius 2 is 1.79 bits per heavy atom. The van der Waals surface area contributed by atoms with Crippen molar-refractivity contribution >= 4 is 34.6 Å². The van der Waals surface area contributed by atoms with E-state index in [9.17, 15) is 0 Å². The molecule has 1 N–H and O–H groups in total. The summed E-state index contributed by atoms with van der Waals surface area (Å²) in [6.07, 6.45) is 0. The van der Waals surface area contributed by atoms with E-state index in [0.29, 0.717) is 0 Å². The SMILES string of the molecule is Cc1ccc(Nc2cc(N(C)C)nc(N3CCN(Cc4cccs4)CC3)n2)cc1. The van der Waals surface area contributed by atoms with E-state index in [1.807, 2.05) is 36.4 Å². The van der Waals surface area contributed by atoms with Gasteiger partial charge < -0.3 is 15.1 Å². The number of nitrogens with zero attached hydrogens (tertiary/aromatic N) is 5. The van der Waals surface area contributed by atoms with E-state index in [4.69, 9.17) is 9.97 Å². The molecule has 1 aromatic carbocycles. The number of piperazine rings is 1. The van der Waals surface area contributed by atoms with Gasteiger partial charge in [-0.3, -0.25) is 4.90 Å². The van der Waals surface area contributed by atoms with Crippen LogP contribution in [0.15, 0.2) is 47.8 Å². The number of aryl methyl sites for hydroxylation is 1. The summed E-state index contributed by atoms with van der Waals surface area (Å²) < 4.78 is 0. The fraction of sp³-hybridized carbons (Fsp3) is 0.364. The molecule has 4 rings (SSSR count). The fourth-order valence-electron chi connectivity index (χ4n) is 3.37. The summed E-state index contributed by atoms with van der Waals surface area (Å²) in [6, 6.07) is 14.7. The van der Waals surface area contributed by atoms with Crippen LogP contribution in [0, 0.1) is 6.92 Å². The van der Waals surface area contributed by atoms with Gasteiger partial charge in [0.15, 0.2) is 0 Å². The van der Waals surface area contributed by atoms with E-state index >= 15 is 0 Å². The maximum absolute atomic E-state index is 4.82. The first-order chi connectivity index (χ1) is 14.1. The topological polar surface area (TPSA) is 47.5 Å². The molecule has 152 valence electrons. The normalized spacial score (nSPS) is 14.8. The van der Waals surface area contributed by atoms with Crippen molar-refractivity contribution in [3.8, 4) is 0 Å². The van der Waals surface area contributed by atoms with E-state index in [1.165, 1.54) is 10.4 Å². The summed E-state index contributed by atoms with van der Waals surface area (Å²) in [5.74, 6) is 2.52. The fourth-order valence-corrected chi connectivity index (χ4v) is 4.12. The van der Waals surface area contributed by atoms with Crippen molar-refractivity contribution in [1.29, 1.82) is 0 Å². The summed E-state index contributed by atoms with van der Waals surface area (Å²) in [6.45, 7) is 7.04. The summed E-state index contributed by atoms with van der Waals surface area (Å²) >= 11 is 1.83. The Labute approximate surface area is 176 Å². The first-order valence-corrected chi connectivity index (χ1v) is 10.8. The number of thiophene rings is 1. The zero-order valence-corrected chi connectivity index (χ0v) is 18.1. The molecule has 1 saturated heterocycles. The van der Waals surface area contributed by atoms with Gasteiger partial charge in [0.25, 0.3) is 0 Å². The highest BCUT2D eigenvalue weighted by Crippen LogP contribution is 2.24. The van der Waals surface area contributed by atoms with Gasteiger partial charge in [-0.15, -0.1) is 11.3 Å². The van der Waals surface area contributed by atoms with Crippen molar-refractivity contribution < 1.29 is 0 Å². The Kier molecular flexibility index (Phi) is 5.97. The molecule has 1 fully saturated rings. The highest BCUT2D eigenvalue weighted by Gasteiger charge is 2.20. The molecule has 3 heterocycles. The Morgan fingerprint density at radius 3 is 2.45 bits per heavy atom. The lowest BCUT2D eigenvalue weighted by atomic mass is 10.2. The van der Waals surface area contributed by atoms with Crippen LogP contribution in [-0.2, 0) is 6.54 Å². The maximum Gasteiger partial charge on any atom is 0.229 e. The Balaban J connectivity index is 1.47. The van der Waals surface area contributed by atoms with Crippen LogP contribution in [0.4, 0.5) is 23.3 Å². The molecular formula is C22H28N6S. The molecule has 0 aliphatic carbocycles. The molecule has 1 aliphatic heterocycles. The minimum Gasteiger partial charge on any atom is -0.363 e. The molecule has 2 aromatic heterocycles. The quantitative estimate of drug-likeness (QED) is 0.666. The molecule has 0 saturated carbocycles. The summed E-state index contributed by atoms with van der Waals surface area (Å²) in [5, 5.41) is 5.58. The number of hydrogen-bond donors (Lipinski definition) is 1. The lowest BCUT2D eigenvalue weighted by Gasteiger charge is -2.34. The molecule has 29 heavy (non-hydrogen) atoms. The second-order valence-corrected chi connectivity index (χ2v) is 8.67. The molecule has 0 amide bonds. The summed E-state index contributed by atoms with van der Waals surface area (Å²) in [7, 11) is 4.03. The molecule has 0 spiro atoms. The molecule has 7 heteroatoms. The lowest BCUT2D eigenvalue weighted by Crippen LogP contribution is -2.46. The molecule has 3 aromatic rings. The number of benzene rings is 1. The maximum atomic E-state index is 4.82. The molecule has 0 atom stereocenters. The molecular weight excluding hydrogens is 380 g/mol. The Hall–Kier alpha value is -2.64. The second-order valence-electron chi connectivity index (χ2n) is 7.64. The molecule has 0 unspecified atom stereocenters. The van der Waals surface area contributed by atoms with E-state index in [1.54, 1.807) is 0 Å². The van der Waals surface area contributed by atoms with Crippen LogP contribution < -0.4 is 15.1 Å². The standard InChI is InChI=1S/C22H28N6S/c1-17-6-8-18(9-7-17)23-20-15-21(26(2)3)25-22(24-20)28-12-10-27(11-13-28)16-19-5-4-14-29-19/h4-9,14-15H,10-13,16H2,1-3H3,(H,23,24,25). The van der Waals surface area contributed by atoms with Crippen LogP contribution in [0.2, 0.25) is 0 Å². The van der Waals surface area contributed by atoms with Gasteiger partial charge in [0.2, 0.25) is 5.95 Å². The zero-order chi connectivity index (χ0) is 20.2. The van der Waals surface area contributed by atoms with Gasteiger partial charge in [-0.05, 0) is 30.5 Å². The summed E-state index contributed by atoms with van der Waals surface area (Å²) in [5.41, 5.74) is 2.28. The van der Waals surface area contributed by atoms with Gasteiger partial charge in [0, 0.05) is 63.5 Å². The Morgan fingerprint density at radius 1 is 1.03 bits per heavy atom. The summed E-state index contributed by atoms with van der Waals surface area (Å²) in [4.78, 5) is 17.9. The van der Waals surface area contributed by atoms with E-state index in [-0.39, 0.29) is 0 Å². The van der Waals surface area contributed by atoms with E-state index in [0.717, 1.165) is 56.0 Å². The number of rotatable bonds is 6. The van der Waals surface area contributed by atoms with Crippen molar-refractivity contribution in [3.63, 3.8) is 0 Å². The largest absolute Gasteiger partial charge is 0.363 e. The molecule has 6 nitrogen and oxygen atoms in total. The average Bonchev–Trinajstić information content (AvgIpc) is 3.23. The van der Waals surface area contributed by atoms with Gasteiger partial charge >= 0.3 is 0 Å². The van der Waals surface area contributed by atoms with Crippen molar-refractivity contribution in [1.82, 2.24) is 14.9 Å². The van der Waals surface area contributed by atoms with Gasteiger partial charge in [-0.2, -0.15) is 9.97 Å². The van der Waals surface area contributed by atoms with Crippen molar-refractivity contribution in [2.45, 2.75) is 13.5 Å². The molecule has 1 aliphatic rings. The first-order valence-electron chi connectivity index (χ1n) is 9.96. The number of aromatic nitrogens is 2. The second kappa shape index (κ2) is 8.80. The van der Waals surface area contributed by atoms with E-state index in [2.05, 4.69) is 63.8 Å². The van der Waals surface area contributed by atoms with Crippen LogP contribution >= 0.6 is 11.3 Å². The van der Waals surface area contributed by atoms with Crippen LogP contribution in [0.5, 0.6) is 0 Å². The number of anilines is 4.